The van der Waals surface area contributed by atoms with Crippen LogP contribution >= 0.6 is 12.4 Å². The molecule has 0 aliphatic carbocycles. The Labute approximate surface area is 159 Å². The van der Waals surface area contributed by atoms with Crippen LogP contribution in [0.2, 0.25) is 0 Å². The average Bonchev–Trinajstić information content (AvgIpc) is 2.68. The first kappa shape index (κ1) is 19.8. The second-order valence-corrected chi connectivity index (χ2v) is 5.82. The number of halogens is 1. The van der Waals surface area contributed by atoms with Crippen LogP contribution in [0.25, 0.3) is 0 Å². The van der Waals surface area contributed by atoms with E-state index < -0.39 is 6.10 Å². The maximum atomic E-state index is 12.6. The summed E-state index contributed by atoms with van der Waals surface area (Å²) in [5.74, 6) is 1.99. The van der Waals surface area contributed by atoms with Gasteiger partial charge in [0.05, 0.1) is 7.11 Å². The van der Waals surface area contributed by atoms with E-state index in [-0.39, 0.29) is 18.3 Å². The van der Waals surface area contributed by atoms with Crippen molar-refractivity contribution in [2.45, 2.75) is 13.0 Å². The Hall–Kier alpha value is -2.54. The number of methoxy groups -OCH3 is 1. The van der Waals surface area contributed by atoms with E-state index in [4.69, 9.17) is 9.47 Å². The van der Waals surface area contributed by atoms with E-state index in [1.165, 1.54) is 0 Å². The van der Waals surface area contributed by atoms with Crippen molar-refractivity contribution in [3.05, 3.63) is 42.5 Å². The third-order valence-corrected chi connectivity index (χ3v) is 4.15. The van der Waals surface area contributed by atoms with Crippen molar-refractivity contribution in [1.29, 1.82) is 0 Å². The molecular formula is C18H23ClN4O3. The van der Waals surface area contributed by atoms with Crippen molar-refractivity contribution in [1.82, 2.24) is 15.1 Å². The molecule has 0 spiro atoms. The Balaban J connectivity index is 0.00000243. The van der Waals surface area contributed by atoms with Gasteiger partial charge < -0.3 is 19.3 Å². The molecule has 0 bridgehead atoms. The van der Waals surface area contributed by atoms with E-state index in [0.717, 1.165) is 5.82 Å². The smallest absolute Gasteiger partial charge is 0.263 e. The Bertz CT molecular complexity index is 691. The monoisotopic (exact) mass is 378 g/mol. The van der Waals surface area contributed by atoms with Crippen LogP contribution in [-0.4, -0.2) is 60.4 Å². The zero-order valence-electron chi connectivity index (χ0n) is 14.9. The summed E-state index contributed by atoms with van der Waals surface area (Å²) >= 11 is 0. The maximum absolute atomic E-state index is 12.6. The summed E-state index contributed by atoms with van der Waals surface area (Å²) in [5.41, 5.74) is 0. The van der Waals surface area contributed by atoms with Gasteiger partial charge in [0.15, 0.2) is 11.9 Å². The SMILES string of the molecule is COc1ccc(N2CCN(C(=O)C(C)Oc3ccccc3)CC2)nn1.Cl. The van der Waals surface area contributed by atoms with E-state index in [0.29, 0.717) is 37.8 Å². The van der Waals surface area contributed by atoms with Gasteiger partial charge in [-0.05, 0) is 25.1 Å². The summed E-state index contributed by atoms with van der Waals surface area (Å²) in [5, 5.41) is 8.14. The van der Waals surface area contributed by atoms with Gasteiger partial charge in [-0.25, -0.2) is 0 Å². The zero-order valence-corrected chi connectivity index (χ0v) is 15.7. The number of benzene rings is 1. The van der Waals surface area contributed by atoms with E-state index in [9.17, 15) is 4.79 Å². The van der Waals surface area contributed by atoms with Gasteiger partial charge in [-0.15, -0.1) is 22.6 Å². The minimum atomic E-state index is -0.505. The Kier molecular flexibility index (Phi) is 7.03. The third kappa shape index (κ3) is 4.76. The van der Waals surface area contributed by atoms with Crippen molar-refractivity contribution in [3.8, 4) is 11.6 Å². The molecule has 1 atom stereocenters. The number of rotatable bonds is 5. The highest BCUT2D eigenvalue weighted by Gasteiger charge is 2.26. The number of nitrogens with zero attached hydrogens (tertiary/aromatic N) is 4. The molecule has 0 radical (unpaired) electrons. The first-order valence-corrected chi connectivity index (χ1v) is 8.30. The van der Waals surface area contributed by atoms with Crippen molar-refractivity contribution in [2.75, 3.05) is 38.2 Å². The predicted octanol–water partition coefficient (Wildman–Crippen LogP) is 2.02. The highest BCUT2D eigenvalue weighted by atomic mass is 35.5. The van der Waals surface area contributed by atoms with E-state index in [1.54, 1.807) is 20.1 Å². The second-order valence-electron chi connectivity index (χ2n) is 5.82. The van der Waals surface area contributed by atoms with Gasteiger partial charge >= 0.3 is 0 Å². The second kappa shape index (κ2) is 9.24. The molecule has 1 aliphatic heterocycles. The van der Waals surface area contributed by atoms with Crippen LogP contribution < -0.4 is 14.4 Å². The molecule has 140 valence electrons. The number of carbonyl (C=O) groups is 1. The molecule has 26 heavy (non-hydrogen) atoms. The predicted molar refractivity (Wildman–Crippen MR) is 101 cm³/mol. The lowest BCUT2D eigenvalue weighted by molar-refractivity contribution is -0.138. The number of piperazine rings is 1. The van der Waals surface area contributed by atoms with Crippen molar-refractivity contribution in [2.24, 2.45) is 0 Å². The standard InChI is InChI=1S/C18H22N4O3.ClH/c1-14(25-15-6-4-3-5-7-15)18(23)22-12-10-21(11-13-22)16-8-9-17(24-2)20-19-16;/h3-9,14H,10-13H2,1-2H3;1H. The topological polar surface area (TPSA) is 67.8 Å². The van der Waals surface area contributed by atoms with Crippen molar-refractivity contribution >= 4 is 24.1 Å². The highest BCUT2D eigenvalue weighted by Crippen LogP contribution is 2.17. The average molecular weight is 379 g/mol. The fourth-order valence-corrected chi connectivity index (χ4v) is 2.76. The van der Waals surface area contributed by atoms with Gasteiger partial charge in [0.1, 0.15) is 5.75 Å². The molecule has 1 saturated heterocycles. The van der Waals surface area contributed by atoms with Crippen LogP contribution in [0.3, 0.4) is 0 Å². The third-order valence-electron chi connectivity index (χ3n) is 4.15. The largest absolute Gasteiger partial charge is 0.481 e. The van der Waals surface area contributed by atoms with Crippen LogP contribution in [-0.2, 0) is 4.79 Å². The maximum Gasteiger partial charge on any atom is 0.263 e. The van der Waals surface area contributed by atoms with Crippen LogP contribution in [0, 0.1) is 0 Å². The van der Waals surface area contributed by atoms with Gasteiger partial charge in [0.25, 0.3) is 5.91 Å². The van der Waals surface area contributed by atoms with Crippen LogP contribution in [0.15, 0.2) is 42.5 Å². The molecule has 0 N–H and O–H groups in total. The Morgan fingerprint density at radius 3 is 2.31 bits per heavy atom. The first-order valence-electron chi connectivity index (χ1n) is 8.30. The number of carbonyl (C=O) groups excluding carboxylic acids is 1. The number of aromatic nitrogens is 2. The fourth-order valence-electron chi connectivity index (χ4n) is 2.76. The van der Waals surface area contributed by atoms with Crippen molar-refractivity contribution in [3.63, 3.8) is 0 Å². The lowest BCUT2D eigenvalue weighted by atomic mass is 10.2. The Morgan fingerprint density at radius 1 is 1.04 bits per heavy atom. The van der Waals surface area contributed by atoms with Gasteiger partial charge in [0.2, 0.25) is 5.88 Å². The minimum absolute atomic E-state index is 0. The van der Waals surface area contributed by atoms with E-state index in [1.807, 2.05) is 41.3 Å². The van der Waals surface area contributed by atoms with E-state index >= 15 is 0 Å². The van der Waals surface area contributed by atoms with E-state index in [2.05, 4.69) is 15.1 Å². The summed E-state index contributed by atoms with van der Waals surface area (Å²) in [7, 11) is 1.56. The number of amides is 1. The van der Waals surface area contributed by atoms with Gasteiger partial charge in [-0.2, -0.15) is 0 Å². The normalized spacial score (nSPS) is 15.0. The highest BCUT2D eigenvalue weighted by molar-refractivity contribution is 5.85. The first-order chi connectivity index (χ1) is 12.2. The quantitative estimate of drug-likeness (QED) is 0.793. The molecule has 2 heterocycles. The molecule has 0 saturated carbocycles. The molecule has 1 unspecified atom stereocenters. The molecule has 7 nitrogen and oxygen atoms in total. The van der Waals surface area contributed by atoms with Crippen LogP contribution in [0.4, 0.5) is 5.82 Å². The Morgan fingerprint density at radius 2 is 1.73 bits per heavy atom. The fraction of sp³-hybridized carbons (Fsp3) is 0.389. The number of para-hydroxylation sites is 1. The number of anilines is 1. The van der Waals surface area contributed by atoms with Gasteiger partial charge in [-0.1, -0.05) is 18.2 Å². The molecule has 1 aromatic carbocycles. The minimum Gasteiger partial charge on any atom is -0.481 e. The van der Waals surface area contributed by atoms with Gasteiger partial charge in [-0.3, -0.25) is 4.79 Å². The van der Waals surface area contributed by atoms with Gasteiger partial charge in [0, 0.05) is 32.2 Å². The lowest BCUT2D eigenvalue weighted by Crippen LogP contribution is -2.52. The number of ether oxygens (including phenoxy) is 2. The summed E-state index contributed by atoms with van der Waals surface area (Å²) in [6, 6.07) is 13.1. The summed E-state index contributed by atoms with van der Waals surface area (Å²) in [6.07, 6.45) is -0.505. The molecular weight excluding hydrogens is 356 g/mol. The molecule has 8 heteroatoms. The molecule has 1 fully saturated rings. The molecule has 1 aromatic heterocycles. The molecule has 3 rings (SSSR count). The lowest BCUT2D eigenvalue weighted by Gasteiger charge is -2.36. The van der Waals surface area contributed by atoms with Crippen LogP contribution in [0.1, 0.15) is 6.92 Å². The molecule has 2 aromatic rings. The van der Waals surface area contributed by atoms with Crippen LogP contribution in [0.5, 0.6) is 11.6 Å². The molecule has 1 aliphatic rings. The summed E-state index contributed by atoms with van der Waals surface area (Å²) < 4.78 is 10.7. The number of hydrogen-bond donors (Lipinski definition) is 0. The summed E-state index contributed by atoms with van der Waals surface area (Å²) in [6.45, 7) is 4.48. The zero-order chi connectivity index (χ0) is 17.6. The molecule has 1 amide bonds. The summed E-state index contributed by atoms with van der Waals surface area (Å²) in [4.78, 5) is 16.5. The number of hydrogen-bond acceptors (Lipinski definition) is 6. The van der Waals surface area contributed by atoms with Crippen molar-refractivity contribution < 1.29 is 14.3 Å².